The van der Waals surface area contributed by atoms with Crippen LogP contribution in [0.4, 0.5) is 17.1 Å². The van der Waals surface area contributed by atoms with Gasteiger partial charge in [-0.25, -0.2) is 0 Å². The smallest absolute Gasteiger partial charge is 0.0754 e. The molecule has 13 aromatic rings. The minimum atomic E-state index is -0.523. The molecule has 0 radical (unpaired) electrons. The van der Waals surface area contributed by atoms with E-state index in [0.29, 0.717) is 0 Å². The molecule has 1 unspecified atom stereocenters. The van der Waals surface area contributed by atoms with Crippen molar-refractivity contribution >= 4 is 38.9 Å². The first-order valence-electron chi connectivity index (χ1n) is 27.9. The molecule has 1 aromatic heterocycles. The molecule has 2 heteroatoms. The summed E-state index contributed by atoms with van der Waals surface area (Å²) in [7, 11) is 0. The molecule has 4 aliphatic carbocycles. The number of aromatic nitrogens is 1. The Kier molecular flexibility index (Phi) is 8.37. The Labute approximate surface area is 459 Å². The predicted octanol–water partition coefficient (Wildman–Crippen LogP) is 19.2. The Balaban J connectivity index is 0.830. The first-order chi connectivity index (χ1) is 39.0. The molecule has 0 fully saturated rings. The second kappa shape index (κ2) is 15.2. The van der Waals surface area contributed by atoms with Gasteiger partial charge >= 0.3 is 0 Å². The SMILES string of the molecule is CC1(C)c2ccccc2-c2ccc(N(c3ccc(-c4ccc5c(c4)C4(c6ccccc6-5)c5ccccc5-n5c6ccccc6c6cccc4c65)cc3)c3ccc4c(c3)C3(c5ccccc5-c5ccccc53)c3ccccc3-4)cc21. The number of nitrogens with zero attached hydrogens (tertiary/aromatic N) is 2. The van der Waals surface area contributed by atoms with Crippen molar-refractivity contribution in [2.24, 2.45) is 0 Å². The van der Waals surface area contributed by atoms with Crippen LogP contribution in [-0.4, -0.2) is 4.57 Å². The van der Waals surface area contributed by atoms with Crippen LogP contribution in [0.1, 0.15) is 69.5 Å². The fraction of sp³-hybridized carbons (Fsp3) is 0.0649. The number of hydrogen-bond donors (Lipinski definition) is 0. The summed E-state index contributed by atoms with van der Waals surface area (Å²) >= 11 is 0. The van der Waals surface area contributed by atoms with Crippen LogP contribution in [0, 0.1) is 0 Å². The van der Waals surface area contributed by atoms with Crippen LogP contribution < -0.4 is 4.90 Å². The lowest BCUT2D eigenvalue weighted by Crippen LogP contribution is -2.33. The molecule has 0 saturated heterocycles. The lowest BCUT2D eigenvalue weighted by molar-refractivity contribution is 0.660. The topological polar surface area (TPSA) is 8.17 Å². The van der Waals surface area contributed by atoms with Gasteiger partial charge in [0.15, 0.2) is 0 Å². The van der Waals surface area contributed by atoms with Gasteiger partial charge < -0.3 is 9.47 Å². The van der Waals surface area contributed by atoms with E-state index in [1.807, 2.05) is 0 Å². The second-order valence-electron chi connectivity index (χ2n) is 23.0. The standard InChI is InChI=1S/C77H50N2/c1-75(2)62-25-9-3-18-52(62)57-42-39-50(45-69(57)75)78(51-40-43-59-56-22-6-12-28-65(56)76(71(59)46-51)63-26-10-4-19-53(63)54-20-5-11-27-64(54)76)49-37-34-47(35-38-49)48-36-41-58-55-21-7-13-29-66(55)77(70(58)44-48)67-30-14-16-33-73(67)79-72-32-15-8-23-60(72)61-24-17-31-68(77)74(61)79/h3-46H,1-2H3. The van der Waals surface area contributed by atoms with Gasteiger partial charge in [0.2, 0.25) is 0 Å². The van der Waals surface area contributed by atoms with Crippen LogP contribution in [0.3, 0.4) is 0 Å². The van der Waals surface area contributed by atoms with Gasteiger partial charge in [0.25, 0.3) is 0 Å². The molecule has 2 spiro atoms. The average molecular weight is 1000 g/mol. The molecular formula is C77H50N2. The minimum Gasteiger partial charge on any atom is -0.310 e. The average Bonchev–Trinajstić information content (AvgIpc) is 2.78. The van der Waals surface area contributed by atoms with Crippen molar-refractivity contribution < 1.29 is 0 Å². The fourth-order valence-electron chi connectivity index (χ4n) is 16.0. The highest BCUT2D eigenvalue weighted by atomic mass is 15.1. The number of benzene rings is 12. The molecular weight excluding hydrogens is 953 g/mol. The molecule has 1 aliphatic heterocycles. The molecule has 18 rings (SSSR count). The summed E-state index contributed by atoms with van der Waals surface area (Å²) in [6.07, 6.45) is 0. The molecule has 2 nitrogen and oxygen atoms in total. The second-order valence-corrected chi connectivity index (χ2v) is 23.0. The Bertz CT molecular complexity index is 4770. The van der Waals surface area contributed by atoms with E-state index in [1.165, 1.54) is 139 Å². The maximum Gasteiger partial charge on any atom is 0.0754 e. The molecule has 0 N–H and O–H groups in total. The third-order valence-electron chi connectivity index (χ3n) is 19.2. The molecule has 0 bridgehead atoms. The van der Waals surface area contributed by atoms with Gasteiger partial charge in [-0.05, 0) is 166 Å². The van der Waals surface area contributed by atoms with Crippen molar-refractivity contribution in [2.45, 2.75) is 30.1 Å². The third kappa shape index (κ3) is 5.28. The lowest BCUT2D eigenvalue weighted by Gasteiger charge is -2.39. The van der Waals surface area contributed by atoms with Gasteiger partial charge in [-0.15, -0.1) is 0 Å². The summed E-state index contributed by atoms with van der Waals surface area (Å²) < 4.78 is 2.53. The van der Waals surface area contributed by atoms with Crippen LogP contribution in [0.25, 0.3) is 83.1 Å². The number of fused-ring (bicyclic) bond motifs is 25. The fourth-order valence-corrected chi connectivity index (χ4v) is 16.0. The number of hydrogen-bond acceptors (Lipinski definition) is 1. The zero-order valence-corrected chi connectivity index (χ0v) is 43.8. The minimum absolute atomic E-state index is 0.163. The number of rotatable bonds is 4. The van der Waals surface area contributed by atoms with Crippen LogP contribution >= 0.6 is 0 Å². The summed E-state index contributed by atoms with van der Waals surface area (Å²) in [5.74, 6) is 0. The first kappa shape index (κ1) is 43.4. The maximum atomic E-state index is 2.53. The van der Waals surface area contributed by atoms with Crippen LogP contribution in [0.5, 0.6) is 0 Å². The lowest BCUT2D eigenvalue weighted by atomic mass is 9.65. The predicted molar refractivity (Wildman–Crippen MR) is 326 cm³/mol. The van der Waals surface area contributed by atoms with Gasteiger partial charge in [0.1, 0.15) is 0 Å². The van der Waals surface area contributed by atoms with Crippen molar-refractivity contribution in [1.29, 1.82) is 0 Å². The van der Waals surface area contributed by atoms with E-state index in [9.17, 15) is 0 Å². The highest BCUT2D eigenvalue weighted by Gasteiger charge is 2.53. The number of para-hydroxylation sites is 3. The number of anilines is 3. The summed E-state index contributed by atoms with van der Waals surface area (Å²) in [5, 5.41) is 2.58. The third-order valence-corrected chi connectivity index (χ3v) is 19.2. The maximum absolute atomic E-state index is 2.53. The van der Waals surface area contributed by atoms with E-state index in [0.717, 1.165) is 17.1 Å². The molecule has 79 heavy (non-hydrogen) atoms. The van der Waals surface area contributed by atoms with Gasteiger partial charge in [0.05, 0.1) is 27.6 Å². The van der Waals surface area contributed by atoms with E-state index in [2.05, 4.69) is 290 Å². The Morgan fingerprint density at radius 1 is 0.278 bits per heavy atom. The molecule has 0 amide bonds. The van der Waals surface area contributed by atoms with Crippen molar-refractivity contribution in [1.82, 2.24) is 4.57 Å². The largest absolute Gasteiger partial charge is 0.310 e. The zero-order valence-electron chi connectivity index (χ0n) is 43.8. The Morgan fingerprint density at radius 2 is 0.684 bits per heavy atom. The van der Waals surface area contributed by atoms with E-state index >= 15 is 0 Å². The molecule has 12 aromatic carbocycles. The molecule has 0 saturated carbocycles. The van der Waals surface area contributed by atoms with Gasteiger partial charge in [-0.2, -0.15) is 0 Å². The summed E-state index contributed by atoms with van der Waals surface area (Å²) in [4.78, 5) is 2.51. The van der Waals surface area contributed by atoms with Gasteiger partial charge in [0, 0.05) is 33.2 Å². The summed E-state index contributed by atoms with van der Waals surface area (Å²) in [6, 6.07) is 102. The molecule has 2 heterocycles. The van der Waals surface area contributed by atoms with Crippen LogP contribution in [-0.2, 0) is 16.2 Å². The highest BCUT2D eigenvalue weighted by Crippen LogP contribution is 2.65. The van der Waals surface area contributed by atoms with Crippen molar-refractivity contribution in [3.63, 3.8) is 0 Å². The van der Waals surface area contributed by atoms with Gasteiger partial charge in [-0.1, -0.05) is 226 Å². The first-order valence-corrected chi connectivity index (χ1v) is 27.9. The van der Waals surface area contributed by atoms with Crippen molar-refractivity contribution in [3.05, 3.63) is 323 Å². The van der Waals surface area contributed by atoms with Crippen LogP contribution in [0.15, 0.2) is 267 Å². The van der Waals surface area contributed by atoms with Crippen molar-refractivity contribution in [2.75, 3.05) is 4.90 Å². The summed E-state index contributed by atoms with van der Waals surface area (Å²) in [6.45, 7) is 4.77. The van der Waals surface area contributed by atoms with Crippen LogP contribution in [0.2, 0.25) is 0 Å². The monoisotopic (exact) mass is 1000 g/mol. The van der Waals surface area contributed by atoms with Gasteiger partial charge in [-0.3, -0.25) is 0 Å². The van der Waals surface area contributed by atoms with E-state index in [1.54, 1.807) is 0 Å². The normalized spacial score (nSPS) is 16.2. The van der Waals surface area contributed by atoms with Crippen molar-refractivity contribution in [3.8, 4) is 61.3 Å². The molecule has 1 atom stereocenters. The Morgan fingerprint density at radius 3 is 1.30 bits per heavy atom. The summed E-state index contributed by atoms with van der Waals surface area (Å²) in [5.41, 5.74) is 32.3. The quantitative estimate of drug-likeness (QED) is 0.171. The highest BCUT2D eigenvalue weighted by molar-refractivity contribution is 6.13. The van der Waals surface area contributed by atoms with E-state index in [4.69, 9.17) is 0 Å². The van der Waals surface area contributed by atoms with E-state index < -0.39 is 10.8 Å². The molecule has 5 aliphatic rings. The zero-order chi connectivity index (χ0) is 51.9. The Hall–Kier alpha value is -9.76. The molecule has 368 valence electrons. The van der Waals surface area contributed by atoms with E-state index in [-0.39, 0.29) is 5.41 Å².